The Kier molecular flexibility index (Phi) is 8.25. The number of anilines is 1. The molecule has 0 unspecified atom stereocenters. The summed E-state index contributed by atoms with van der Waals surface area (Å²) in [4.78, 5) is 37.7. The molecule has 1 aromatic carbocycles. The lowest BCUT2D eigenvalue weighted by Crippen LogP contribution is -2.49. The minimum Gasteiger partial charge on any atom is -0.340 e. The number of rotatable bonds is 9. The molecule has 4 rings (SSSR count). The van der Waals surface area contributed by atoms with Crippen molar-refractivity contribution in [2.45, 2.75) is 40.0 Å². The predicted molar refractivity (Wildman–Crippen MR) is 135 cm³/mol. The Morgan fingerprint density at radius 2 is 1.86 bits per heavy atom. The van der Waals surface area contributed by atoms with Crippen LogP contribution in [0, 0.1) is 12.8 Å². The van der Waals surface area contributed by atoms with Crippen molar-refractivity contribution in [3.05, 3.63) is 46.8 Å². The van der Waals surface area contributed by atoms with E-state index in [4.69, 9.17) is 4.52 Å². The molecule has 0 bridgehead atoms. The Bertz CT molecular complexity index is 1130. The Balaban J connectivity index is 1.16. The van der Waals surface area contributed by atoms with E-state index in [1.54, 1.807) is 0 Å². The van der Waals surface area contributed by atoms with E-state index in [9.17, 15) is 9.59 Å². The molecule has 10 heteroatoms. The summed E-state index contributed by atoms with van der Waals surface area (Å²) in [5.74, 6) is 1.18. The molecule has 2 amide bonds. The van der Waals surface area contributed by atoms with Crippen molar-refractivity contribution >= 4 is 28.3 Å². The Morgan fingerprint density at radius 3 is 2.57 bits per heavy atom. The zero-order chi connectivity index (χ0) is 24.8. The third kappa shape index (κ3) is 6.95. The fraction of sp³-hybridized carbons (Fsp3) is 0.480. The minimum atomic E-state index is -0.108. The van der Waals surface area contributed by atoms with Gasteiger partial charge in [0.15, 0.2) is 5.13 Å². The monoisotopic (exact) mass is 496 g/mol. The molecule has 0 aliphatic carbocycles. The first kappa shape index (κ1) is 25.0. The highest BCUT2D eigenvalue weighted by Crippen LogP contribution is 2.19. The van der Waals surface area contributed by atoms with Crippen molar-refractivity contribution in [1.82, 2.24) is 24.9 Å². The maximum Gasteiger partial charge on any atom is 0.228 e. The van der Waals surface area contributed by atoms with Crippen LogP contribution in [0.5, 0.6) is 0 Å². The molecule has 1 aliphatic heterocycles. The molecule has 1 aliphatic rings. The zero-order valence-electron chi connectivity index (χ0n) is 20.5. The Morgan fingerprint density at radius 1 is 1.11 bits per heavy atom. The SMILES string of the molecule is Cc1ccc(-c2noc(CCCN3CCN(C(=O)Cc4csc(NC(=O)C(C)C)n4)CC3)n2)cc1. The third-order valence-corrected chi connectivity index (χ3v) is 6.81. The van der Waals surface area contributed by atoms with Gasteiger partial charge in [-0.25, -0.2) is 4.98 Å². The summed E-state index contributed by atoms with van der Waals surface area (Å²) in [7, 11) is 0. The number of hydrogen-bond donors (Lipinski definition) is 1. The van der Waals surface area contributed by atoms with Gasteiger partial charge in [0.05, 0.1) is 12.1 Å². The van der Waals surface area contributed by atoms with Gasteiger partial charge in [0.2, 0.25) is 23.5 Å². The number of aromatic nitrogens is 3. The summed E-state index contributed by atoms with van der Waals surface area (Å²) in [6.45, 7) is 9.74. The number of carbonyl (C=O) groups excluding carboxylic acids is 2. The van der Waals surface area contributed by atoms with Crippen LogP contribution in [0.2, 0.25) is 0 Å². The molecule has 0 saturated carbocycles. The molecule has 3 aromatic rings. The average Bonchev–Trinajstić information content (AvgIpc) is 3.49. The van der Waals surface area contributed by atoms with Crippen LogP contribution in [0.15, 0.2) is 34.2 Å². The van der Waals surface area contributed by atoms with Gasteiger partial charge in [-0.05, 0) is 19.9 Å². The highest BCUT2D eigenvalue weighted by Gasteiger charge is 2.22. The largest absolute Gasteiger partial charge is 0.340 e. The number of hydrogen-bond acceptors (Lipinski definition) is 8. The van der Waals surface area contributed by atoms with Crippen LogP contribution in [0.3, 0.4) is 0 Å². The van der Waals surface area contributed by atoms with Gasteiger partial charge in [-0.15, -0.1) is 11.3 Å². The van der Waals surface area contributed by atoms with E-state index >= 15 is 0 Å². The molecular weight excluding hydrogens is 464 g/mol. The topological polar surface area (TPSA) is 104 Å². The second kappa shape index (κ2) is 11.5. The van der Waals surface area contributed by atoms with Gasteiger partial charge in [0, 0.05) is 49.5 Å². The fourth-order valence-corrected chi connectivity index (χ4v) is 4.53. The zero-order valence-corrected chi connectivity index (χ0v) is 21.3. The average molecular weight is 497 g/mol. The second-order valence-electron chi connectivity index (χ2n) is 9.17. The van der Waals surface area contributed by atoms with Crippen LogP contribution < -0.4 is 5.32 Å². The molecule has 0 atom stereocenters. The third-order valence-electron chi connectivity index (χ3n) is 6.01. The van der Waals surface area contributed by atoms with Crippen LogP contribution in [-0.2, 0) is 22.4 Å². The van der Waals surface area contributed by atoms with Crippen LogP contribution >= 0.6 is 11.3 Å². The van der Waals surface area contributed by atoms with Gasteiger partial charge < -0.3 is 14.7 Å². The van der Waals surface area contributed by atoms with Gasteiger partial charge in [-0.2, -0.15) is 4.98 Å². The number of thiazole rings is 1. The lowest BCUT2D eigenvalue weighted by molar-refractivity contribution is -0.132. The van der Waals surface area contributed by atoms with Crippen LogP contribution in [0.1, 0.15) is 37.4 Å². The van der Waals surface area contributed by atoms with Crippen molar-refractivity contribution in [3.63, 3.8) is 0 Å². The quantitative estimate of drug-likeness (QED) is 0.484. The van der Waals surface area contributed by atoms with Crippen molar-refractivity contribution < 1.29 is 14.1 Å². The Labute approximate surface area is 209 Å². The normalized spacial score (nSPS) is 14.5. The molecule has 186 valence electrons. The predicted octanol–water partition coefficient (Wildman–Crippen LogP) is 3.42. The van der Waals surface area contributed by atoms with E-state index < -0.39 is 0 Å². The standard InChI is InChI=1S/C25H32N6O3S/c1-17(2)24(33)28-25-26-20(16-35-25)15-22(32)31-13-11-30(12-14-31)10-4-5-21-27-23(29-34-21)19-8-6-18(3)7-9-19/h6-9,16-17H,4-5,10-15H2,1-3H3,(H,26,28,33). The maximum atomic E-state index is 12.7. The number of piperazine rings is 1. The van der Waals surface area contributed by atoms with E-state index in [-0.39, 0.29) is 24.2 Å². The van der Waals surface area contributed by atoms with Gasteiger partial charge in [0.25, 0.3) is 0 Å². The van der Waals surface area contributed by atoms with E-state index in [2.05, 4.69) is 25.3 Å². The first-order chi connectivity index (χ1) is 16.9. The van der Waals surface area contributed by atoms with Crippen molar-refractivity contribution in [3.8, 4) is 11.4 Å². The van der Waals surface area contributed by atoms with E-state index in [0.717, 1.165) is 38.0 Å². The van der Waals surface area contributed by atoms with E-state index in [1.165, 1.54) is 16.9 Å². The first-order valence-electron chi connectivity index (χ1n) is 12.0. The van der Waals surface area contributed by atoms with Crippen molar-refractivity contribution in [2.24, 2.45) is 5.92 Å². The molecular formula is C25H32N6O3S. The summed E-state index contributed by atoms with van der Waals surface area (Å²) in [6, 6.07) is 8.08. The van der Waals surface area contributed by atoms with Gasteiger partial charge in [-0.1, -0.05) is 48.8 Å². The number of carbonyl (C=O) groups is 2. The molecule has 3 heterocycles. The molecule has 9 nitrogen and oxygen atoms in total. The summed E-state index contributed by atoms with van der Waals surface area (Å²) < 4.78 is 5.42. The molecule has 0 spiro atoms. The molecule has 1 N–H and O–H groups in total. The summed E-state index contributed by atoms with van der Waals surface area (Å²) >= 11 is 1.35. The summed E-state index contributed by atoms with van der Waals surface area (Å²) in [6.07, 6.45) is 1.92. The number of nitrogens with zero attached hydrogens (tertiary/aromatic N) is 5. The fourth-order valence-electron chi connectivity index (χ4n) is 3.81. The van der Waals surface area contributed by atoms with Crippen molar-refractivity contribution in [1.29, 1.82) is 0 Å². The number of aryl methyl sites for hydroxylation is 2. The molecule has 1 saturated heterocycles. The first-order valence-corrected chi connectivity index (χ1v) is 12.9. The van der Waals surface area contributed by atoms with E-state index in [0.29, 0.717) is 35.6 Å². The highest BCUT2D eigenvalue weighted by molar-refractivity contribution is 7.13. The van der Waals surface area contributed by atoms with Crippen LogP contribution in [0.25, 0.3) is 11.4 Å². The Hall–Kier alpha value is -3.11. The molecule has 2 aromatic heterocycles. The number of nitrogens with one attached hydrogen (secondary N) is 1. The van der Waals surface area contributed by atoms with E-state index in [1.807, 2.05) is 55.3 Å². The van der Waals surface area contributed by atoms with Crippen LogP contribution in [0.4, 0.5) is 5.13 Å². The summed E-state index contributed by atoms with van der Waals surface area (Å²) in [5.41, 5.74) is 2.86. The van der Waals surface area contributed by atoms with Gasteiger partial charge in [-0.3, -0.25) is 14.5 Å². The molecule has 0 radical (unpaired) electrons. The van der Waals surface area contributed by atoms with Gasteiger partial charge in [0.1, 0.15) is 0 Å². The lowest BCUT2D eigenvalue weighted by Gasteiger charge is -2.34. The molecule has 1 fully saturated rings. The lowest BCUT2D eigenvalue weighted by atomic mass is 10.1. The van der Waals surface area contributed by atoms with Crippen molar-refractivity contribution in [2.75, 3.05) is 38.0 Å². The minimum absolute atomic E-state index is 0.0702. The summed E-state index contributed by atoms with van der Waals surface area (Å²) in [5, 5.41) is 9.27. The van der Waals surface area contributed by atoms with Gasteiger partial charge >= 0.3 is 0 Å². The maximum absolute atomic E-state index is 12.7. The molecule has 35 heavy (non-hydrogen) atoms. The smallest absolute Gasteiger partial charge is 0.228 e. The highest BCUT2D eigenvalue weighted by atomic mass is 32.1. The number of benzene rings is 1. The second-order valence-corrected chi connectivity index (χ2v) is 10.0. The number of amides is 2. The van der Waals surface area contributed by atoms with Crippen LogP contribution in [-0.4, -0.2) is 69.5 Å².